The Morgan fingerprint density at radius 2 is 1.78 bits per heavy atom. The second-order valence-electron chi connectivity index (χ2n) is 7.31. The molecule has 0 spiro atoms. The first-order valence-electron chi connectivity index (χ1n) is 9.35. The number of hydrogen-bond donors (Lipinski definition) is 1. The Morgan fingerprint density at radius 3 is 2.41 bits per heavy atom. The SMILES string of the molecule is C.Cc1cc(NC(=O)c2cnn3c2C(=O)N(c2ccc(Cl)c(Cl)c2)C[C@@H]3C)cc(C)n1.S. The molecule has 7 nitrogen and oxygen atoms in total. The lowest BCUT2D eigenvalue weighted by Crippen LogP contribution is -2.43. The van der Waals surface area contributed by atoms with Crippen LogP contribution in [0.2, 0.25) is 10.0 Å². The van der Waals surface area contributed by atoms with Crippen LogP contribution in [0, 0.1) is 13.8 Å². The summed E-state index contributed by atoms with van der Waals surface area (Å²) >= 11 is 12.1. The van der Waals surface area contributed by atoms with Crippen LogP contribution in [0.3, 0.4) is 0 Å². The highest BCUT2D eigenvalue weighted by molar-refractivity contribution is 7.59. The molecule has 2 aromatic heterocycles. The maximum absolute atomic E-state index is 13.3. The smallest absolute Gasteiger partial charge is 0.277 e. The molecule has 3 heterocycles. The van der Waals surface area contributed by atoms with Crippen LogP contribution in [0.4, 0.5) is 11.4 Å². The molecule has 3 aromatic rings. The van der Waals surface area contributed by atoms with Gasteiger partial charge in [0.2, 0.25) is 0 Å². The molecule has 1 aliphatic heterocycles. The van der Waals surface area contributed by atoms with E-state index in [0.29, 0.717) is 28.0 Å². The number of aryl methyl sites for hydroxylation is 2. The molecule has 170 valence electrons. The molecule has 1 N–H and O–H groups in total. The molecule has 0 bridgehead atoms. The van der Waals surface area contributed by atoms with Crippen LogP contribution in [0.15, 0.2) is 36.5 Å². The summed E-state index contributed by atoms with van der Waals surface area (Å²) in [6, 6.07) is 8.43. The highest BCUT2D eigenvalue weighted by atomic mass is 35.5. The fourth-order valence-electron chi connectivity index (χ4n) is 3.61. The van der Waals surface area contributed by atoms with E-state index in [1.807, 2.05) is 20.8 Å². The standard InChI is InChI=1S/C21H19Cl2N5O2.CH4.H2S/c1-11-6-14(7-12(2)25-11)26-20(29)16-9-24-28-13(3)10-27(21(30)19(16)28)15-4-5-17(22)18(23)8-15;;/h4-9,13H,10H2,1-3H3,(H,25,26,29);1H4;1H2/t13-;;/m0../s1. The van der Waals surface area contributed by atoms with Gasteiger partial charge in [-0.25, -0.2) is 0 Å². The Bertz CT molecular complexity index is 1160. The number of hydrogen-bond acceptors (Lipinski definition) is 4. The van der Waals surface area contributed by atoms with E-state index in [4.69, 9.17) is 23.2 Å². The molecular weight excluding hydrogens is 469 g/mol. The average molecular weight is 494 g/mol. The van der Waals surface area contributed by atoms with E-state index in [-0.39, 0.29) is 44.1 Å². The van der Waals surface area contributed by atoms with Gasteiger partial charge in [-0.15, -0.1) is 0 Å². The lowest BCUT2D eigenvalue weighted by molar-refractivity contribution is 0.0939. The number of fused-ring (bicyclic) bond motifs is 1. The van der Waals surface area contributed by atoms with Crippen LogP contribution in [0.25, 0.3) is 0 Å². The number of amides is 2. The number of benzene rings is 1. The molecule has 4 rings (SSSR count). The molecule has 32 heavy (non-hydrogen) atoms. The molecule has 2 amide bonds. The molecule has 0 radical (unpaired) electrons. The molecule has 1 aliphatic rings. The summed E-state index contributed by atoms with van der Waals surface area (Å²) in [6.45, 7) is 6.04. The van der Waals surface area contributed by atoms with Crippen LogP contribution in [-0.4, -0.2) is 33.1 Å². The molecule has 0 fully saturated rings. The minimum Gasteiger partial charge on any atom is -0.322 e. The second kappa shape index (κ2) is 9.94. The maximum Gasteiger partial charge on any atom is 0.277 e. The van der Waals surface area contributed by atoms with Gasteiger partial charge in [-0.1, -0.05) is 30.6 Å². The molecule has 0 saturated heterocycles. The molecular formula is C22H25Cl2N5O2S. The number of nitrogens with zero attached hydrogens (tertiary/aromatic N) is 4. The van der Waals surface area contributed by atoms with E-state index in [1.54, 1.807) is 39.9 Å². The summed E-state index contributed by atoms with van der Waals surface area (Å²) in [5.41, 5.74) is 3.25. The first-order chi connectivity index (χ1) is 14.2. The largest absolute Gasteiger partial charge is 0.322 e. The van der Waals surface area contributed by atoms with Crippen LogP contribution >= 0.6 is 36.7 Å². The van der Waals surface area contributed by atoms with E-state index in [2.05, 4.69) is 15.4 Å². The number of nitrogens with one attached hydrogen (secondary N) is 1. The van der Waals surface area contributed by atoms with Crippen LogP contribution in [0.5, 0.6) is 0 Å². The van der Waals surface area contributed by atoms with Gasteiger partial charge in [0, 0.05) is 29.3 Å². The molecule has 1 aromatic carbocycles. The van der Waals surface area contributed by atoms with Gasteiger partial charge in [0.05, 0.1) is 27.8 Å². The first-order valence-corrected chi connectivity index (χ1v) is 10.1. The van der Waals surface area contributed by atoms with Gasteiger partial charge < -0.3 is 10.2 Å². The van der Waals surface area contributed by atoms with Gasteiger partial charge in [-0.2, -0.15) is 18.6 Å². The Kier molecular flexibility index (Phi) is 7.98. The third-order valence-corrected chi connectivity index (χ3v) is 5.65. The van der Waals surface area contributed by atoms with Crippen molar-refractivity contribution in [3.63, 3.8) is 0 Å². The number of anilines is 2. The molecule has 10 heteroatoms. The predicted octanol–water partition coefficient (Wildman–Crippen LogP) is 5.42. The molecule has 0 aliphatic carbocycles. The summed E-state index contributed by atoms with van der Waals surface area (Å²) < 4.78 is 1.59. The number of carbonyl (C=O) groups excluding carboxylic acids is 2. The predicted molar refractivity (Wildman–Crippen MR) is 134 cm³/mol. The second-order valence-corrected chi connectivity index (χ2v) is 8.12. The first kappa shape index (κ1) is 25.7. The average Bonchev–Trinajstić information content (AvgIpc) is 3.12. The fourth-order valence-corrected chi connectivity index (χ4v) is 3.90. The minimum absolute atomic E-state index is 0. The van der Waals surface area contributed by atoms with Crippen LogP contribution in [-0.2, 0) is 0 Å². The Balaban J connectivity index is 0.00000181. The van der Waals surface area contributed by atoms with E-state index in [9.17, 15) is 9.59 Å². The highest BCUT2D eigenvalue weighted by Gasteiger charge is 2.35. The number of halogens is 2. The quantitative estimate of drug-likeness (QED) is 0.527. The highest BCUT2D eigenvalue weighted by Crippen LogP contribution is 2.32. The summed E-state index contributed by atoms with van der Waals surface area (Å²) in [4.78, 5) is 32.2. The van der Waals surface area contributed by atoms with E-state index in [0.717, 1.165) is 11.4 Å². The van der Waals surface area contributed by atoms with E-state index < -0.39 is 5.91 Å². The van der Waals surface area contributed by atoms with Crippen molar-refractivity contribution in [1.82, 2.24) is 14.8 Å². The van der Waals surface area contributed by atoms with E-state index >= 15 is 0 Å². The minimum atomic E-state index is -0.405. The number of aromatic nitrogens is 3. The monoisotopic (exact) mass is 493 g/mol. The summed E-state index contributed by atoms with van der Waals surface area (Å²) in [5.74, 6) is -0.728. The normalized spacial score (nSPS) is 14.8. The van der Waals surface area contributed by atoms with Gasteiger partial charge in [0.1, 0.15) is 5.69 Å². The Labute approximate surface area is 204 Å². The summed E-state index contributed by atoms with van der Waals surface area (Å²) in [7, 11) is 0. The van der Waals surface area contributed by atoms with Gasteiger partial charge >= 0.3 is 0 Å². The van der Waals surface area contributed by atoms with Crippen LogP contribution in [0.1, 0.15) is 52.6 Å². The third kappa shape index (κ3) is 4.77. The van der Waals surface area contributed by atoms with Crippen molar-refractivity contribution in [2.75, 3.05) is 16.8 Å². The number of rotatable bonds is 3. The number of pyridine rings is 1. The molecule has 0 unspecified atom stereocenters. The van der Waals surface area contributed by atoms with Gasteiger partial charge in [-0.05, 0) is 51.1 Å². The van der Waals surface area contributed by atoms with Crippen molar-refractivity contribution in [3.05, 3.63) is 69.2 Å². The zero-order valence-corrected chi connectivity index (χ0v) is 19.6. The summed E-state index contributed by atoms with van der Waals surface area (Å²) in [5, 5.41) is 7.90. The van der Waals surface area contributed by atoms with Crippen molar-refractivity contribution in [2.24, 2.45) is 0 Å². The Hall–Kier alpha value is -2.55. The lowest BCUT2D eigenvalue weighted by Gasteiger charge is -2.32. The van der Waals surface area contributed by atoms with Crippen molar-refractivity contribution in [1.29, 1.82) is 0 Å². The zero-order valence-electron chi connectivity index (χ0n) is 17.1. The third-order valence-electron chi connectivity index (χ3n) is 4.91. The maximum atomic E-state index is 13.3. The summed E-state index contributed by atoms with van der Waals surface area (Å²) in [6.07, 6.45) is 1.43. The van der Waals surface area contributed by atoms with Gasteiger partial charge in [-0.3, -0.25) is 19.3 Å². The van der Waals surface area contributed by atoms with Gasteiger partial charge in [0.25, 0.3) is 11.8 Å². The number of carbonyl (C=O) groups is 2. The van der Waals surface area contributed by atoms with Gasteiger partial charge in [0.15, 0.2) is 0 Å². The van der Waals surface area contributed by atoms with Crippen LogP contribution < -0.4 is 10.2 Å². The molecule has 0 saturated carbocycles. The molecule has 1 atom stereocenters. The Morgan fingerprint density at radius 1 is 1.12 bits per heavy atom. The fraction of sp³-hybridized carbons (Fsp3) is 0.273. The van der Waals surface area contributed by atoms with Crippen molar-refractivity contribution in [3.8, 4) is 0 Å². The topological polar surface area (TPSA) is 80.1 Å². The van der Waals surface area contributed by atoms with E-state index in [1.165, 1.54) is 6.20 Å². The lowest BCUT2D eigenvalue weighted by atomic mass is 10.1. The van der Waals surface area contributed by atoms with Crippen molar-refractivity contribution >= 4 is 59.9 Å². The van der Waals surface area contributed by atoms with Crippen molar-refractivity contribution < 1.29 is 9.59 Å². The van der Waals surface area contributed by atoms with Crippen molar-refractivity contribution in [2.45, 2.75) is 34.2 Å². The zero-order chi connectivity index (χ0) is 21.6.